The van der Waals surface area contributed by atoms with Gasteiger partial charge in [0.1, 0.15) is 0 Å². The van der Waals surface area contributed by atoms with Crippen molar-refractivity contribution in [1.82, 2.24) is 4.90 Å². The first kappa shape index (κ1) is 18.2. The Bertz CT molecular complexity index is 690. The Morgan fingerprint density at radius 1 is 1.20 bits per heavy atom. The third kappa shape index (κ3) is 3.83. The second kappa shape index (κ2) is 8.21. The Kier molecular flexibility index (Phi) is 5.98. The highest BCUT2D eigenvalue weighted by molar-refractivity contribution is 7.10. The lowest BCUT2D eigenvalue weighted by molar-refractivity contribution is -0.174. The number of hydrogen-bond acceptors (Lipinski definition) is 6. The van der Waals surface area contributed by atoms with Crippen LogP contribution in [0.15, 0.2) is 41.8 Å². The number of benzene rings is 1. The zero-order valence-electron chi connectivity index (χ0n) is 14.6. The van der Waals surface area contributed by atoms with E-state index in [9.17, 15) is 4.79 Å². The molecule has 0 unspecified atom stereocenters. The third-order valence-electron chi connectivity index (χ3n) is 4.40. The second-order valence-electron chi connectivity index (χ2n) is 5.93. The van der Waals surface area contributed by atoms with Gasteiger partial charge in [-0.15, -0.1) is 11.3 Å². The van der Waals surface area contributed by atoms with Crippen molar-refractivity contribution < 1.29 is 19.0 Å². The van der Waals surface area contributed by atoms with Crippen molar-refractivity contribution in [3.05, 3.63) is 57.8 Å². The molecule has 0 bridgehead atoms. The lowest BCUT2D eigenvalue weighted by Gasteiger charge is -2.28. The van der Waals surface area contributed by atoms with Crippen molar-refractivity contribution >= 4 is 17.1 Å². The first-order valence-corrected chi connectivity index (χ1v) is 9.15. The molecule has 0 atom stereocenters. The zero-order valence-corrected chi connectivity index (χ0v) is 15.4. The lowest BCUT2D eigenvalue weighted by atomic mass is 10.0. The molecule has 5 nitrogen and oxygen atoms in total. The number of rotatable bonds is 7. The molecule has 6 heteroatoms. The van der Waals surface area contributed by atoms with Crippen molar-refractivity contribution in [2.45, 2.75) is 12.3 Å². The summed E-state index contributed by atoms with van der Waals surface area (Å²) in [4.78, 5) is 16.2. The first-order valence-electron chi connectivity index (χ1n) is 8.27. The van der Waals surface area contributed by atoms with E-state index in [1.807, 2.05) is 24.3 Å². The van der Waals surface area contributed by atoms with E-state index in [-0.39, 0.29) is 5.78 Å². The summed E-state index contributed by atoms with van der Waals surface area (Å²) in [5.74, 6) is -1.60. The molecule has 2 aromatic rings. The topological polar surface area (TPSA) is 48.0 Å². The smallest absolute Gasteiger partial charge is 0.270 e. The number of Topliss-reactive ketones (excluding diaryl/α,β-unsaturated/α-hetero) is 1. The van der Waals surface area contributed by atoms with Gasteiger partial charge in [0.2, 0.25) is 5.78 Å². The summed E-state index contributed by atoms with van der Waals surface area (Å²) in [7, 11) is 3.01. The highest BCUT2D eigenvalue weighted by Gasteiger charge is 2.43. The summed E-state index contributed by atoms with van der Waals surface area (Å²) in [6.45, 7) is 4.22. The van der Waals surface area contributed by atoms with E-state index in [0.29, 0.717) is 5.56 Å². The molecule has 1 aromatic carbocycles. The summed E-state index contributed by atoms with van der Waals surface area (Å²) < 4.78 is 16.6. The molecular weight excluding hydrogens is 338 g/mol. The van der Waals surface area contributed by atoms with E-state index in [1.54, 1.807) is 12.1 Å². The van der Waals surface area contributed by atoms with Gasteiger partial charge < -0.3 is 14.2 Å². The molecule has 134 valence electrons. The molecule has 1 aliphatic rings. The Morgan fingerprint density at radius 2 is 1.88 bits per heavy atom. The summed E-state index contributed by atoms with van der Waals surface area (Å²) in [5.41, 5.74) is 1.72. The van der Waals surface area contributed by atoms with Gasteiger partial charge in [-0.05, 0) is 17.0 Å². The largest absolute Gasteiger partial charge is 0.379 e. The minimum absolute atomic E-state index is 0.196. The van der Waals surface area contributed by atoms with E-state index >= 15 is 0 Å². The van der Waals surface area contributed by atoms with Crippen LogP contribution in [-0.4, -0.2) is 51.2 Å². The standard InChI is InChI=1S/C19H23NO4S/c1-22-19(23-2,18(21)16-6-4-3-5-7-16)17-12-15(14-25-17)13-20-8-10-24-11-9-20/h3-7,12,14H,8-11,13H2,1-2H3. The van der Waals surface area contributed by atoms with E-state index < -0.39 is 5.79 Å². The van der Waals surface area contributed by atoms with Crippen LogP contribution in [0.5, 0.6) is 0 Å². The van der Waals surface area contributed by atoms with Gasteiger partial charge in [0, 0.05) is 39.4 Å². The molecule has 1 fully saturated rings. The van der Waals surface area contributed by atoms with Crippen molar-refractivity contribution in [3.8, 4) is 0 Å². The Hall–Kier alpha value is -1.57. The number of carbonyl (C=O) groups excluding carboxylic acids is 1. The molecule has 0 radical (unpaired) electrons. The van der Waals surface area contributed by atoms with Crippen molar-refractivity contribution in [2.24, 2.45) is 0 Å². The van der Waals surface area contributed by atoms with Crippen LogP contribution in [0.25, 0.3) is 0 Å². The summed E-state index contributed by atoms with van der Waals surface area (Å²) in [5, 5.41) is 2.07. The van der Waals surface area contributed by atoms with E-state index in [2.05, 4.69) is 10.3 Å². The van der Waals surface area contributed by atoms with Crippen LogP contribution in [0.4, 0.5) is 0 Å². The second-order valence-corrected chi connectivity index (χ2v) is 6.84. The van der Waals surface area contributed by atoms with Gasteiger partial charge in [-0.1, -0.05) is 30.3 Å². The van der Waals surface area contributed by atoms with Crippen LogP contribution < -0.4 is 0 Å². The number of carbonyl (C=O) groups is 1. The Labute approximate surface area is 152 Å². The number of nitrogens with zero attached hydrogens (tertiary/aromatic N) is 1. The maximum atomic E-state index is 13.1. The van der Waals surface area contributed by atoms with Gasteiger partial charge in [0.25, 0.3) is 5.79 Å². The molecule has 1 aliphatic heterocycles. The van der Waals surface area contributed by atoms with Crippen LogP contribution in [0.3, 0.4) is 0 Å². The minimum atomic E-state index is -1.41. The van der Waals surface area contributed by atoms with Crippen molar-refractivity contribution in [2.75, 3.05) is 40.5 Å². The molecule has 0 aliphatic carbocycles. The summed E-state index contributed by atoms with van der Waals surface area (Å²) in [6, 6.07) is 11.1. The monoisotopic (exact) mass is 361 g/mol. The normalized spacial score (nSPS) is 16.1. The summed E-state index contributed by atoms with van der Waals surface area (Å²) >= 11 is 1.49. The van der Waals surface area contributed by atoms with Gasteiger partial charge in [-0.25, -0.2) is 0 Å². The zero-order chi connectivity index (χ0) is 17.7. The number of methoxy groups -OCH3 is 2. The molecule has 25 heavy (non-hydrogen) atoms. The summed E-state index contributed by atoms with van der Waals surface area (Å²) in [6.07, 6.45) is 0. The molecule has 1 saturated heterocycles. The maximum absolute atomic E-state index is 13.1. The predicted octanol–water partition coefficient (Wildman–Crippen LogP) is 2.91. The van der Waals surface area contributed by atoms with Crippen LogP contribution in [0.1, 0.15) is 20.8 Å². The number of hydrogen-bond donors (Lipinski definition) is 0. The van der Waals surface area contributed by atoms with E-state index in [0.717, 1.165) is 43.3 Å². The highest BCUT2D eigenvalue weighted by atomic mass is 32.1. The van der Waals surface area contributed by atoms with Crippen LogP contribution in [0.2, 0.25) is 0 Å². The van der Waals surface area contributed by atoms with Crippen LogP contribution >= 0.6 is 11.3 Å². The lowest BCUT2D eigenvalue weighted by Crippen LogP contribution is -2.39. The number of ketones is 1. The number of thiophene rings is 1. The SMILES string of the molecule is COC(OC)(C(=O)c1ccccc1)c1cc(CN2CCOCC2)cs1. The molecule has 2 heterocycles. The van der Waals surface area contributed by atoms with Crippen LogP contribution in [-0.2, 0) is 26.5 Å². The quantitative estimate of drug-likeness (QED) is 0.561. The van der Waals surface area contributed by atoms with Gasteiger partial charge in [0.15, 0.2) is 0 Å². The van der Waals surface area contributed by atoms with Gasteiger partial charge in [-0.2, -0.15) is 0 Å². The minimum Gasteiger partial charge on any atom is -0.379 e. The number of morpholine rings is 1. The van der Waals surface area contributed by atoms with E-state index in [1.165, 1.54) is 25.6 Å². The average molecular weight is 361 g/mol. The third-order valence-corrected chi connectivity index (χ3v) is 5.46. The predicted molar refractivity (Wildman–Crippen MR) is 96.9 cm³/mol. The van der Waals surface area contributed by atoms with Crippen molar-refractivity contribution in [1.29, 1.82) is 0 Å². The molecule has 0 N–H and O–H groups in total. The molecule has 1 aromatic heterocycles. The van der Waals surface area contributed by atoms with Crippen molar-refractivity contribution in [3.63, 3.8) is 0 Å². The fraction of sp³-hybridized carbons (Fsp3) is 0.421. The first-order chi connectivity index (χ1) is 12.2. The van der Waals surface area contributed by atoms with Gasteiger partial charge in [0.05, 0.1) is 18.1 Å². The molecule has 0 spiro atoms. The highest BCUT2D eigenvalue weighted by Crippen LogP contribution is 2.35. The number of ether oxygens (including phenoxy) is 3. The molecule has 3 rings (SSSR count). The Morgan fingerprint density at radius 3 is 2.52 bits per heavy atom. The molecular formula is C19H23NO4S. The average Bonchev–Trinajstić information content (AvgIpc) is 3.13. The van der Waals surface area contributed by atoms with E-state index in [4.69, 9.17) is 14.2 Å². The molecule has 0 saturated carbocycles. The maximum Gasteiger partial charge on any atom is 0.270 e. The van der Waals surface area contributed by atoms with Gasteiger partial charge >= 0.3 is 0 Å². The molecule has 0 amide bonds. The Balaban J connectivity index is 1.84. The van der Waals surface area contributed by atoms with Crippen LogP contribution in [0, 0.1) is 0 Å². The fourth-order valence-corrected chi connectivity index (χ4v) is 4.06. The van der Waals surface area contributed by atoms with Gasteiger partial charge in [-0.3, -0.25) is 9.69 Å². The fourth-order valence-electron chi connectivity index (χ4n) is 3.01.